The Hall–Kier alpha value is -2.30. The Kier molecular flexibility index (Phi) is 2.59. The molecule has 82 valence electrons. The maximum absolute atomic E-state index is 11.6. The van der Waals surface area contributed by atoms with Crippen molar-refractivity contribution in [3.63, 3.8) is 0 Å². The maximum Gasteiger partial charge on any atom is 0.363 e. The van der Waals surface area contributed by atoms with Gasteiger partial charge in [0.15, 0.2) is 5.69 Å². The Morgan fingerprint density at radius 2 is 2.06 bits per heavy atom. The number of nitrogen functional groups attached to an aromatic ring is 1. The third kappa shape index (κ3) is 2.03. The van der Waals surface area contributed by atoms with Crippen LogP contribution >= 0.6 is 0 Å². The van der Waals surface area contributed by atoms with Gasteiger partial charge in [-0.25, -0.2) is 4.79 Å². The number of nitrogens with one attached hydrogen (secondary N) is 1. The molecule has 0 amide bonds. The number of carbonyl (C=O) groups is 1. The normalized spacial score (nSPS) is 10.1. The maximum atomic E-state index is 11.6. The van der Waals surface area contributed by atoms with Crippen LogP contribution in [0.1, 0.15) is 16.1 Å². The quantitative estimate of drug-likeness (QED) is 0.590. The first-order valence-electron chi connectivity index (χ1n) is 4.74. The lowest BCUT2D eigenvalue weighted by atomic mass is 10.2. The van der Waals surface area contributed by atoms with Crippen molar-refractivity contribution in [2.24, 2.45) is 0 Å². The second-order valence-corrected chi connectivity index (χ2v) is 3.40. The molecule has 0 aliphatic rings. The molecule has 0 saturated heterocycles. The number of aromatic nitrogens is 2. The molecule has 0 aliphatic heterocycles. The summed E-state index contributed by atoms with van der Waals surface area (Å²) >= 11 is 0. The van der Waals surface area contributed by atoms with Crippen molar-refractivity contribution in [2.75, 3.05) is 5.73 Å². The summed E-state index contributed by atoms with van der Waals surface area (Å²) in [5.41, 5.74) is 7.06. The second-order valence-electron chi connectivity index (χ2n) is 3.40. The number of rotatable bonds is 2. The third-order valence-electron chi connectivity index (χ3n) is 2.10. The number of aromatic amines is 1. The van der Waals surface area contributed by atoms with Crippen LogP contribution in [0.2, 0.25) is 0 Å². The molecular weight excluding hydrogens is 206 g/mol. The number of benzene rings is 1. The van der Waals surface area contributed by atoms with E-state index in [-0.39, 0.29) is 11.4 Å². The molecule has 0 atom stereocenters. The van der Waals surface area contributed by atoms with Crippen molar-refractivity contribution < 1.29 is 9.53 Å². The monoisotopic (exact) mass is 217 g/mol. The topological polar surface area (TPSA) is 81.0 Å². The predicted molar refractivity (Wildman–Crippen MR) is 59.1 cm³/mol. The van der Waals surface area contributed by atoms with Crippen LogP contribution in [0, 0.1) is 6.92 Å². The van der Waals surface area contributed by atoms with Crippen LogP contribution in [0.4, 0.5) is 5.69 Å². The van der Waals surface area contributed by atoms with Gasteiger partial charge >= 0.3 is 5.97 Å². The molecule has 2 aromatic rings. The molecule has 5 heteroatoms. The summed E-state index contributed by atoms with van der Waals surface area (Å²) in [7, 11) is 0. The van der Waals surface area contributed by atoms with E-state index in [1.165, 1.54) is 6.20 Å². The van der Waals surface area contributed by atoms with Crippen LogP contribution in [0.3, 0.4) is 0 Å². The van der Waals surface area contributed by atoms with Crippen LogP contribution in [0.25, 0.3) is 0 Å². The van der Waals surface area contributed by atoms with Gasteiger partial charge in [-0.1, -0.05) is 17.7 Å². The molecule has 0 fully saturated rings. The zero-order chi connectivity index (χ0) is 11.5. The number of H-pyrrole nitrogens is 1. The molecule has 0 saturated carbocycles. The van der Waals surface area contributed by atoms with Crippen LogP contribution in [0.5, 0.6) is 5.75 Å². The standard InChI is InChI=1S/C11H11N3O2/c1-7-2-4-8(5-3-7)16-11(15)10-9(12)6-13-14-10/h2-6H,12H2,1H3,(H,13,14). The summed E-state index contributed by atoms with van der Waals surface area (Å²) in [5, 5.41) is 6.13. The number of aryl methyl sites for hydroxylation is 1. The van der Waals surface area contributed by atoms with Gasteiger partial charge in [-0.2, -0.15) is 5.10 Å². The number of esters is 1. The van der Waals surface area contributed by atoms with Gasteiger partial charge in [-0.15, -0.1) is 0 Å². The number of hydrogen-bond donors (Lipinski definition) is 2. The zero-order valence-electron chi connectivity index (χ0n) is 8.73. The van der Waals surface area contributed by atoms with Crippen molar-refractivity contribution >= 4 is 11.7 Å². The summed E-state index contributed by atoms with van der Waals surface area (Å²) in [6, 6.07) is 7.16. The van der Waals surface area contributed by atoms with E-state index >= 15 is 0 Å². The van der Waals surface area contributed by atoms with Crippen LogP contribution in [-0.4, -0.2) is 16.2 Å². The average Bonchev–Trinajstić information content (AvgIpc) is 2.68. The van der Waals surface area contributed by atoms with Crippen LogP contribution in [-0.2, 0) is 0 Å². The summed E-state index contributed by atoms with van der Waals surface area (Å²) in [6.07, 6.45) is 1.37. The SMILES string of the molecule is Cc1ccc(OC(=O)c2[nH]ncc2N)cc1. The lowest BCUT2D eigenvalue weighted by molar-refractivity contribution is 0.0729. The highest BCUT2D eigenvalue weighted by atomic mass is 16.5. The fraction of sp³-hybridized carbons (Fsp3) is 0.0909. The predicted octanol–water partition coefficient (Wildman–Crippen LogP) is 1.52. The summed E-state index contributed by atoms with van der Waals surface area (Å²) in [4.78, 5) is 11.6. The number of hydrogen-bond acceptors (Lipinski definition) is 4. The first kappa shape index (κ1) is 10.2. The van der Waals surface area contributed by atoms with Crippen LogP contribution < -0.4 is 10.5 Å². The molecule has 3 N–H and O–H groups in total. The third-order valence-corrected chi connectivity index (χ3v) is 2.10. The number of nitrogens with two attached hydrogens (primary N) is 1. The molecule has 0 radical (unpaired) electrons. The molecule has 1 aromatic heterocycles. The van der Waals surface area contributed by atoms with E-state index in [0.717, 1.165) is 5.56 Å². The zero-order valence-corrected chi connectivity index (χ0v) is 8.73. The fourth-order valence-corrected chi connectivity index (χ4v) is 1.22. The van der Waals surface area contributed by atoms with Gasteiger partial charge < -0.3 is 10.5 Å². The van der Waals surface area contributed by atoms with Crippen molar-refractivity contribution in [3.05, 3.63) is 41.7 Å². The lowest BCUT2D eigenvalue weighted by Gasteiger charge is -2.03. The fourth-order valence-electron chi connectivity index (χ4n) is 1.22. The Labute approximate surface area is 92.2 Å². The molecule has 0 bridgehead atoms. The van der Waals surface area contributed by atoms with Crippen molar-refractivity contribution in [3.8, 4) is 5.75 Å². The van der Waals surface area contributed by atoms with Gasteiger partial charge in [0, 0.05) is 0 Å². The lowest BCUT2D eigenvalue weighted by Crippen LogP contribution is -2.11. The molecule has 16 heavy (non-hydrogen) atoms. The smallest absolute Gasteiger partial charge is 0.363 e. The largest absolute Gasteiger partial charge is 0.422 e. The van der Waals surface area contributed by atoms with Crippen molar-refractivity contribution in [1.82, 2.24) is 10.2 Å². The van der Waals surface area contributed by atoms with E-state index in [2.05, 4.69) is 10.2 Å². The average molecular weight is 217 g/mol. The first-order valence-corrected chi connectivity index (χ1v) is 4.74. The molecule has 0 aliphatic carbocycles. The van der Waals surface area contributed by atoms with Crippen molar-refractivity contribution in [1.29, 1.82) is 0 Å². The molecular formula is C11H11N3O2. The van der Waals surface area contributed by atoms with E-state index < -0.39 is 5.97 Å². The molecule has 0 unspecified atom stereocenters. The van der Waals surface area contributed by atoms with E-state index in [4.69, 9.17) is 10.5 Å². The molecule has 5 nitrogen and oxygen atoms in total. The van der Waals surface area contributed by atoms with E-state index in [1.54, 1.807) is 12.1 Å². The van der Waals surface area contributed by atoms with Crippen LogP contribution in [0.15, 0.2) is 30.5 Å². The molecule has 1 aromatic carbocycles. The number of anilines is 1. The highest BCUT2D eigenvalue weighted by Crippen LogP contribution is 2.15. The Bertz CT molecular complexity index is 502. The summed E-state index contributed by atoms with van der Waals surface area (Å²) in [6.45, 7) is 1.96. The second kappa shape index (κ2) is 4.06. The van der Waals surface area contributed by atoms with Gasteiger partial charge in [0.1, 0.15) is 5.75 Å². The Morgan fingerprint density at radius 3 is 2.62 bits per heavy atom. The number of ether oxygens (including phenoxy) is 1. The van der Waals surface area contributed by atoms with Gasteiger partial charge in [0.2, 0.25) is 0 Å². The van der Waals surface area contributed by atoms with E-state index in [0.29, 0.717) is 5.75 Å². The van der Waals surface area contributed by atoms with Crippen molar-refractivity contribution in [2.45, 2.75) is 6.92 Å². The minimum Gasteiger partial charge on any atom is -0.422 e. The first-order chi connectivity index (χ1) is 7.66. The number of carbonyl (C=O) groups excluding carboxylic acids is 1. The summed E-state index contributed by atoms with van der Waals surface area (Å²) < 4.78 is 5.10. The Morgan fingerprint density at radius 1 is 1.38 bits per heavy atom. The minimum absolute atomic E-state index is 0.167. The van der Waals surface area contributed by atoms with E-state index in [1.807, 2.05) is 19.1 Å². The van der Waals surface area contributed by atoms with Gasteiger partial charge in [0.05, 0.1) is 11.9 Å². The minimum atomic E-state index is -0.543. The molecule has 2 rings (SSSR count). The number of nitrogens with zero attached hydrogens (tertiary/aromatic N) is 1. The van der Waals surface area contributed by atoms with E-state index in [9.17, 15) is 4.79 Å². The highest BCUT2D eigenvalue weighted by molar-refractivity contribution is 5.94. The van der Waals surface area contributed by atoms with Gasteiger partial charge in [0.25, 0.3) is 0 Å². The summed E-state index contributed by atoms with van der Waals surface area (Å²) in [5.74, 6) is -0.0662. The Balaban J connectivity index is 2.14. The highest BCUT2D eigenvalue weighted by Gasteiger charge is 2.13. The molecule has 0 spiro atoms. The van der Waals surface area contributed by atoms with Gasteiger partial charge in [-0.3, -0.25) is 5.10 Å². The molecule has 1 heterocycles. The van der Waals surface area contributed by atoms with Gasteiger partial charge in [-0.05, 0) is 19.1 Å².